The number of carbonyl (C=O) groups is 1. The van der Waals surface area contributed by atoms with Crippen molar-refractivity contribution in [2.24, 2.45) is 0 Å². The van der Waals surface area contributed by atoms with Crippen molar-refractivity contribution >= 4 is 29.1 Å². The van der Waals surface area contributed by atoms with E-state index in [1.165, 1.54) is 18.2 Å². The zero-order chi connectivity index (χ0) is 11.4. The third-order valence-electron chi connectivity index (χ3n) is 1.80. The highest BCUT2D eigenvalue weighted by molar-refractivity contribution is 6.33. The number of rotatable bonds is 3. The third kappa shape index (κ3) is 3.29. The number of nitrogens with one attached hydrogen (secondary N) is 1. The number of amides is 1. The molecule has 5 heteroatoms. The normalized spacial score (nSPS) is 12.2. The fourth-order valence-electron chi connectivity index (χ4n) is 1.03. The summed E-state index contributed by atoms with van der Waals surface area (Å²) in [6, 6.07) is 4.07. The summed E-state index contributed by atoms with van der Waals surface area (Å²) in [6.07, 6.45) is 0. The lowest BCUT2D eigenvalue weighted by Crippen LogP contribution is -2.33. The van der Waals surface area contributed by atoms with E-state index >= 15 is 0 Å². The topological polar surface area (TPSA) is 49.3 Å². The van der Waals surface area contributed by atoms with E-state index in [-0.39, 0.29) is 23.3 Å². The van der Waals surface area contributed by atoms with Crippen LogP contribution in [0, 0.1) is 0 Å². The molecule has 0 aliphatic heterocycles. The van der Waals surface area contributed by atoms with Crippen LogP contribution >= 0.6 is 23.2 Å². The van der Waals surface area contributed by atoms with Gasteiger partial charge in [0.2, 0.25) is 0 Å². The maximum atomic E-state index is 11.6. The summed E-state index contributed by atoms with van der Waals surface area (Å²) >= 11 is 11.4. The predicted octanol–water partition coefficient (Wildman–Crippen LogP) is 2.40. The van der Waals surface area contributed by atoms with Crippen molar-refractivity contribution in [1.29, 1.82) is 0 Å². The first-order chi connectivity index (χ1) is 7.04. The van der Waals surface area contributed by atoms with Crippen LogP contribution in [0.4, 0.5) is 0 Å². The summed E-state index contributed by atoms with van der Waals surface area (Å²) in [4.78, 5) is 11.6. The molecule has 0 saturated heterocycles. The molecule has 15 heavy (non-hydrogen) atoms. The second-order valence-electron chi connectivity index (χ2n) is 3.19. The first-order valence-corrected chi connectivity index (χ1v) is 5.31. The number of aromatic hydroxyl groups is 1. The zero-order valence-electron chi connectivity index (χ0n) is 8.13. The Morgan fingerprint density at radius 3 is 2.87 bits per heavy atom. The number of phenols is 1. The van der Waals surface area contributed by atoms with Crippen LogP contribution in [0.15, 0.2) is 18.2 Å². The lowest BCUT2D eigenvalue weighted by molar-refractivity contribution is 0.0943. The van der Waals surface area contributed by atoms with Crippen LogP contribution in [0.2, 0.25) is 5.02 Å². The Kier molecular flexibility index (Phi) is 4.24. The largest absolute Gasteiger partial charge is 0.508 e. The third-order valence-corrected chi connectivity index (χ3v) is 2.60. The molecule has 1 aromatic rings. The van der Waals surface area contributed by atoms with Gasteiger partial charge in [-0.25, -0.2) is 0 Å². The monoisotopic (exact) mass is 247 g/mol. The SMILES string of the molecule is CC(CCl)NC(=O)c1cc(O)ccc1Cl. The van der Waals surface area contributed by atoms with E-state index in [2.05, 4.69) is 5.32 Å². The van der Waals surface area contributed by atoms with Crippen molar-refractivity contribution in [3.63, 3.8) is 0 Å². The number of carbonyl (C=O) groups excluding carboxylic acids is 1. The van der Waals surface area contributed by atoms with Gasteiger partial charge in [-0.1, -0.05) is 11.6 Å². The number of benzene rings is 1. The molecule has 0 spiro atoms. The summed E-state index contributed by atoms with van der Waals surface area (Å²) in [7, 11) is 0. The fourth-order valence-corrected chi connectivity index (χ4v) is 1.31. The zero-order valence-corrected chi connectivity index (χ0v) is 9.64. The summed E-state index contributed by atoms with van der Waals surface area (Å²) in [5.41, 5.74) is 0.244. The predicted molar refractivity (Wildman–Crippen MR) is 60.8 cm³/mol. The minimum Gasteiger partial charge on any atom is -0.508 e. The Bertz CT molecular complexity index is 368. The minimum atomic E-state index is -0.343. The van der Waals surface area contributed by atoms with E-state index in [9.17, 15) is 9.90 Å². The number of halogens is 2. The van der Waals surface area contributed by atoms with E-state index in [0.29, 0.717) is 10.9 Å². The molecular weight excluding hydrogens is 237 g/mol. The quantitative estimate of drug-likeness (QED) is 0.807. The molecule has 1 unspecified atom stereocenters. The van der Waals surface area contributed by atoms with E-state index in [0.717, 1.165) is 0 Å². The van der Waals surface area contributed by atoms with Crippen molar-refractivity contribution in [3.05, 3.63) is 28.8 Å². The number of hydrogen-bond acceptors (Lipinski definition) is 2. The van der Waals surface area contributed by atoms with E-state index in [1.54, 1.807) is 6.92 Å². The van der Waals surface area contributed by atoms with Gasteiger partial charge < -0.3 is 10.4 Å². The number of alkyl halides is 1. The van der Waals surface area contributed by atoms with E-state index in [4.69, 9.17) is 23.2 Å². The van der Waals surface area contributed by atoms with E-state index in [1.807, 2.05) is 0 Å². The molecule has 82 valence electrons. The van der Waals surface area contributed by atoms with E-state index < -0.39 is 0 Å². The van der Waals surface area contributed by atoms with Gasteiger partial charge in [-0.2, -0.15) is 0 Å². The molecule has 1 atom stereocenters. The first-order valence-electron chi connectivity index (χ1n) is 4.40. The summed E-state index contributed by atoms with van der Waals surface area (Å²) in [6.45, 7) is 1.78. The molecule has 2 N–H and O–H groups in total. The average molecular weight is 248 g/mol. The molecule has 1 amide bonds. The van der Waals surface area contributed by atoms with Crippen molar-refractivity contribution in [2.75, 3.05) is 5.88 Å². The van der Waals surface area contributed by atoms with Crippen molar-refractivity contribution < 1.29 is 9.90 Å². The molecule has 0 aliphatic rings. The van der Waals surface area contributed by atoms with Crippen molar-refractivity contribution in [3.8, 4) is 5.75 Å². The highest BCUT2D eigenvalue weighted by Crippen LogP contribution is 2.21. The van der Waals surface area contributed by atoms with Gasteiger partial charge in [0.1, 0.15) is 5.75 Å². The first kappa shape index (κ1) is 12.1. The second-order valence-corrected chi connectivity index (χ2v) is 3.91. The van der Waals surface area contributed by atoms with Crippen LogP contribution in [-0.2, 0) is 0 Å². The molecule has 0 heterocycles. The standard InChI is InChI=1S/C10H11Cl2NO2/c1-6(5-11)13-10(15)8-4-7(14)2-3-9(8)12/h2-4,6,14H,5H2,1H3,(H,13,15). The summed E-state index contributed by atoms with van der Waals surface area (Å²) in [5, 5.41) is 12.2. The Hall–Kier alpha value is -0.930. The van der Waals surface area contributed by atoms with Gasteiger partial charge in [0.15, 0.2) is 0 Å². The number of hydrogen-bond donors (Lipinski definition) is 2. The molecule has 0 radical (unpaired) electrons. The molecule has 0 saturated carbocycles. The Labute approximate surface area is 98.0 Å². The van der Waals surface area contributed by atoms with Crippen LogP contribution in [0.3, 0.4) is 0 Å². The van der Waals surface area contributed by atoms with Gasteiger partial charge in [-0.3, -0.25) is 4.79 Å². The molecule has 1 rings (SSSR count). The van der Waals surface area contributed by atoms with Gasteiger partial charge in [0.25, 0.3) is 5.91 Å². The maximum Gasteiger partial charge on any atom is 0.253 e. The smallest absolute Gasteiger partial charge is 0.253 e. The highest BCUT2D eigenvalue weighted by Gasteiger charge is 2.13. The van der Waals surface area contributed by atoms with Gasteiger partial charge in [-0.15, -0.1) is 11.6 Å². The van der Waals surface area contributed by atoms with Gasteiger partial charge in [0, 0.05) is 11.9 Å². The van der Waals surface area contributed by atoms with Gasteiger partial charge in [-0.05, 0) is 25.1 Å². The Balaban J connectivity index is 2.86. The van der Waals surface area contributed by atoms with Crippen LogP contribution in [0.5, 0.6) is 5.75 Å². The summed E-state index contributed by atoms with van der Waals surface area (Å²) < 4.78 is 0. The Morgan fingerprint density at radius 1 is 1.60 bits per heavy atom. The Morgan fingerprint density at radius 2 is 2.27 bits per heavy atom. The molecule has 0 aromatic heterocycles. The fraction of sp³-hybridized carbons (Fsp3) is 0.300. The van der Waals surface area contributed by atoms with Gasteiger partial charge >= 0.3 is 0 Å². The van der Waals surface area contributed by atoms with Crippen LogP contribution in [-0.4, -0.2) is 22.9 Å². The molecule has 1 aromatic carbocycles. The second kappa shape index (κ2) is 5.24. The molecule has 0 fully saturated rings. The molecule has 3 nitrogen and oxygen atoms in total. The lowest BCUT2D eigenvalue weighted by atomic mass is 10.2. The summed E-state index contributed by atoms with van der Waals surface area (Å²) in [5.74, 6) is -0.0190. The van der Waals surface area contributed by atoms with Crippen LogP contribution in [0.25, 0.3) is 0 Å². The highest BCUT2D eigenvalue weighted by atomic mass is 35.5. The molecule has 0 aliphatic carbocycles. The minimum absolute atomic E-state index is 0.00285. The maximum absolute atomic E-state index is 11.6. The van der Waals surface area contributed by atoms with Crippen molar-refractivity contribution in [1.82, 2.24) is 5.32 Å². The van der Waals surface area contributed by atoms with Gasteiger partial charge in [0.05, 0.1) is 10.6 Å². The lowest BCUT2D eigenvalue weighted by Gasteiger charge is -2.11. The van der Waals surface area contributed by atoms with Crippen LogP contribution in [0.1, 0.15) is 17.3 Å². The van der Waals surface area contributed by atoms with Crippen molar-refractivity contribution in [2.45, 2.75) is 13.0 Å². The van der Waals surface area contributed by atoms with Crippen LogP contribution < -0.4 is 5.32 Å². The molecule has 0 bridgehead atoms. The molecular formula is C10H11Cl2NO2. The average Bonchev–Trinajstić information content (AvgIpc) is 2.21. The number of phenolic OH excluding ortho intramolecular Hbond substituents is 1.